The summed E-state index contributed by atoms with van der Waals surface area (Å²) in [5.74, 6) is 1.95. The Morgan fingerprint density at radius 3 is 2.50 bits per heavy atom. The third-order valence-corrected chi connectivity index (χ3v) is 7.11. The normalized spacial score (nSPS) is 23.1. The van der Waals surface area contributed by atoms with Crippen molar-refractivity contribution in [3.63, 3.8) is 0 Å². The van der Waals surface area contributed by atoms with Crippen molar-refractivity contribution in [1.82, 2.24) is 15.5 Å². The van der Waals surface area contributed by atoms with Gasteiger partial charge in [0.2, 0.25) is 0 Å². The zero-order chi connectivity index (χ0) is 19.3. The van der Waals surface area contributed by atoms with Crippen LogP contribution in [-0.4, -0.2) is 70.6 Å². The molecule has 2 N–H and O–H groups in total. The molecule has 0 bridgehead atoms. The van der Waals surface area contributed by atoms with Gasteiger partial charge in [0, 0.05) is 19.6 Å². The SMILES string of the molecule is CN=C(NCC(c1ccc(OC)cc1)N1CCCC1)NC1CCS(=O)(=O)C1.I. The number of benzene rings is 1. The molecule has 0 saturated carbocycles. The molecule has 1 aromatic rings. The molecule has 2 fully saturated rings. The predicted octanol–water partition coefficient (Wildman–Crippen LogP) is 1.80. The van der Waals surface area contributed by atoms with E-state index in [1.54, 1.807) is 14.2 Å². The maximum atomic E-state index is 11.7. The molecule has 158 valence electrons. The molecule has 0 amide bonds. The average Bonchev–Trinajstić information content (AvgIpc) is 3.31. The number of halogens is 1. The van der Waals surface area contributed by atoms with Gasteiger partial charge in [-0.1, -0.05) is 12.1 Å². The van der Waals surface area contributed by atoms with Gasteiger partial charge in [0.25, 0.3) is 0 Å². The maximum Gasteiger partial charge on any atom is 0.191 e. The first kappa shape index (κ1) is 23.2. The van der Waals surface area contributed by atoms with E-state index in [1.807, 2.05) is 12.1 Å². The molecule has 2 atom stereocenters. The van der Waals surface area contributed by atoms with Crippen molar-refractivity contribution in [2.75, 3.05) is 45.3 Å². The van der Waals surface area contributed by atoms with Crippen LogP contribution < -0.4 is 15.4 Å². The van der Waals surface area contributed by atoms with E-state index in [0.29, 0.717) is 18.9 Å². The minimum atomic E-state index is -2.91. The number of hydrogen-bond acceptors (Lipinski definition) is 5. The van der Waals surface area contributed by atoms with E-state index in [4.69, 9.17) is 4.74 Å². The van der Waals surface area contributed by atoms with Crippen LogP contribution in [0.4, 0.5) is 0 Å². The van der Waals surface area contributed by atoms with Crippen LogP contribution in [0.15, 0.2) is 29.3 Å². The van der Waals surface area contributed by atoms with Crippen LogP contribution >= 0.6 is 24.0 Å². The molecule has 2 unspecified atom stereocenters. The van der Waals surface area contributed by atoms with E-state index >= 15 is 0 Å². The molecule has 2 saturated heterocycles. The first-order valence-electron chi connectivity index (χ1n) is 9.56. The smallest absolute Gasteiger partial charge is 0.191 e. The zero-order valence-corrected chi connectivity index (χ0v) is 19.7. The average molecular weight is 522 g/mol. The summed E-state index contributed by atoms with van der Waals surface area (Å²) in [6, 6.07) is 8.40. The highest BCUT2D eigenvalue weighted by atomic mass is 127. The molecule has 0 spiro atoms. The second-order valence-electron chi connectivity index (χ2n) is 7.23. The summed E-state index contributed by atoms with van der Waals surface area (Å²) in [5.41, 5.74) is 1.24. The standard InChI is InChI=1S/C19H30N4O3S.HI/c1-20-19(22-16-9-12-27(24,25)14-16)21-13-18(23-10-3-4-11-23)15-5-7-17(26-2)8-6-15;/h5-8,16,18H,3-4,9-14H2,1-2H3,(H2,20,21,22);1H. The lowest BCUT2D eigenvalue weighted by atomic mass is 10.1. The quantitative estimate of drug-likeness (QED) is 0.337. The van der Waals surface area contributed by atoms with E-state index < -0.39 is 9.84 Å². The molecule has 0 radical (unpaired) electrons. The predicted molar refractivity (Wildman–Crippen MR) is 124 cm³/mol. The van der Waals surface area contributed by atoms with Crippen molar-refractivity contribution in [3.8, 4) is 5.75 Å². The van der Waals surface area contributed by atoms with Crippen molar-refractivity contribution in [2.24, 2.45) is 4.99 Å². The van der Waals surface area contributed by atoms with Crippen LogP contribution in [0, 0.1) is 0 Å². The third-order valence-electron chi connectivity index (χ3n) is 5.34. The fourth-order valence-electron chi connectivity index (χ4n) is 3.83. The Kier molecular flexibility index (Phi) is 8.81. The number of guanidine groups is 1. The molecular weight excluding hydrogens is 491 g/mol. The van der Waals surface area contributed by atoms with Gasteiger partial charge in [0.05, 0.1) is 24.7 Å². The number of methoxy groups -OCH3 is 1. The number of sulfone groups is 1. The Bertz CT molecular complexity index is 749. The molecule has 0 aliphatic carbocycles. The first-order chi connectivity index (χ1) is 13.0. The van der Waals surface area contributed by atoms with E-state index in [9.17, 15) is 8.42 Å². The summed E-state index contributed by atoms with van der Waals surface area (Å²) >= 11 is 0. The van der Waals surface area contributed by atoms with E-state index in [-0.39, 0.29) is 47.6 Å². The molecule has 9 heteroatoms. The maximum absolute atomic E-state index is 11.7. The van der Waals surface area contributed by atoms with Crippen molar-refractivity contribution >= 4 is 39.8 Å². The second kappa shape index (κ2) is 10.6. The van der Waals surface area contributed by atoms with Crippen LogP contribution in [-0.2, 0) is 9.84 Å². The molecule has 2 heterocycles. The lowest BCUT2D eigenvalue weighted by Crippen LogP contribution is -2.46. The third kappa shape index (κ3) is 6.21. The van der Waals surface area contributed by atoms with Crippen LogP contribution in [0.25, 0.3) is 0 Å². The summed E-state index contributed by atoms with van der Waals surface area (Å²) in [6.07, 6.45) is 3.08. The Morgan fingerprint density at radius 1 is 1.29 bits per heavy atom. The molecule has 3 rings (SSSR count). The van der Waals surface area contributed by atoms with Gasteiger partial charge in [-0.05, 0) is 50.0 Å². The van der Waals surface area contributed by atoms with Gasteiger partial charge < -0.3 is 15.4 Å². The number of aliphatic imine (C=N–C) groups is 1. The summed E-state index contributed by atoms with van der Waals surface area (Å²) in [4.78, 5) is 6.77. The summed E-state index contributed by atoms with van der Waals surface area (Å²) in [6.45, 7) is 2.89. The van der Waals surface area contributed by atoms with Crippen LogP contribution in [0.2, 0.25) is 0 Å². The molecule has 7 nitrogen and oxygen atoms in total. The van der Waals surface area contributed by atoms with Crippen molar-refractivity contribution in [2.45, 2.75) is 31.3 Å². The molecule has 1 aromatic carbocycles. The van der Waals surface area contributed by atoms with Crippen LogP contribution in [0.3, 0.4) is 0 Å². The van der Waals surface area contributed by atoms with E-state index in [2.05, 4.69) is 32.7 Å². The molecule has 28 heavy (non-hydrogen) atoms. The van der Waals surface area contributed by atoms with Crippen molar-refractivity contribution in [3.05, 3.63) is 29.8 Å². The van der Waals surface area contributed by atoms with Gasteiger partial charge in [0.1, 0.15) is 5.75 Å². The van der Waals surface area contributed by atoms with Gasteiger partial charge in [-0.15, -0.1) is 24.0 Å². The fourth-order valence-corrected chi connectivity index (χ4v) is 5.50. The molecular formula is C19H31IN4O3S. The summed E-state index contributed by atoms with van der Waals surface area (Å²) in [7, 11) is 0.485. The van der Waals surface area contributed by atoms with Crippen LogP contribution in [0.5, 0.6) is 5.75 Å². The number of nitrogens with one attached hydrogen (secondary N) is 2. The van der Waals surface area contributed by atoms with Crippen molar-refractivity contribution in [1.29, 1.82) is 0 Å². The van der Waals surface area contributed by atoms with Gasteiger partial charge in [-0.2, -0.15) is 0 Å². The lowest BCUT2D eigenvalue weighted by molar-refractivity contribution is 0.245. The van der Waals surface area contributed by atoms with Crippen LogP contribution in [0.1, 0.15) is 30.9 Å². The molecule has 2 aliphatic rings. The largest absolute Gasteiger partial charge is 0.497 e. The van der Waals surface area contributed by atoms with Gasteiger partial charge in [-0.25, -0.2) is 8.42 Å². The van der Waals surface area contributed by atoms with Gasteiger partial charge in [-0.3, -0.25) is 9.89 Å². The number of nitrogens with zero attached hydrogens (tertiary/aromatic N) is 2. The second-order valence-corrected chi connectivity index (χ2v) is 9.46. The number of rotatable bonds is 6. The summed E-state index contributed by atoms with van der Waals surface area (Å²) in [5, 5.41) is 6.66. The van der Waals surface area contributed by atoms with E-state index in [0.717, 1.165) is 18.8 Å². The van der Waals surface area contributed by atoms with E-state index in [1.165, 1.54) is 18.4 Å². The monoisotopic (exact) mass is 522 g/mol. The Balaban J connectivity index is 0.00000280. The number of hydrogen-bond donors (Lipinski definition) is 2. The highest BCUT2D eigenvalue weighted by molar-refractivity contribution is 14.0. The Morgan fingerprint density at radius 2 is 1.96 bits per heavy atom. The Labute approximate surface area is 185 Å². The number of likely N-dealkylation sites (tertiary alicyclic amines) is 1. The molecule has 0 aromatic heterocycles. The lowest BCUT2D eigenvalue weighted by Gasteiger charge is -2.29. The first-order valence-corrected chi connectivity index (χ1v) is 11.4. The zero-order valence-electron chi connectivity index (χ0n) is 16.6. The number of ether oxygens (including phenoxy) is 1. The van der Waals surface area contributed by atoms with Gasteiger partial charge in [0.15, 0.2) is 15.8 Å². The topological polar surface area (TPSA) is 83.0 Å². The van der Waals surface area contributed by atoms with Crippen molar-refractivity contribution < 1.29 is 13.2 Å². The highest BCUT2D eigenvalue weighted by Crippen LogP contribution is 2.26. The minimum Gasteiger partial charge on any atom is -0.497 e. The minimum absolute atomic E-state index is 0. The summed E-state index contributed by atoms with van der Waals surface area (Å²) < 4.78 is 28.6. The molecule has 2 aliphatic heterocycles. The Hall–Kier alpha value is -1.07. The van der Waals surface area contributed by atoms with Gasteiger partial charge >= 0.3 is 0 Å². The highest BCUT2D eigenvalue weighted by Gasteiger charge is 2.29. The fraction of sp³-hybridized carbons (Fsp3) is 0.632.